The molecule has 1 heterocycles. The van der Waals surface area contributed by atoms with Gasteiger partial charge >= 0.3 is 0 Å². The van der Waals surface area contributed by atoms with Crippen molar-refractivity contribution < 1.29 is 22.3 Å². The van der Waals surface area contributed by atoms with E-state index in [0.717, 1.165) is 12.1 Å². The van der Waals surface area contributed by atoms with Gasteiger partial charge in [0.2, 0.25) is 5.91 Å². The number of benzene rings is 2. The van der Waals surface area contributed by atoms with Gasteiger partial charge < -0.3 is 9.64 Å². The number of aromatic nitrogens is 1. The number of carbonyl (C=O) groups excluding carboxylic acids is 1. The van der Waals surface area contributed by atoms with E-state index in [0.29, 0.717) is 39.2 Å². The standard InChI is InChI=1S/C22H25ClFN3O4S2.ClH/c1-26(2)12-13-27(22-25-20-18(31-3)11-10-17(23)21(20)32-22)19(28)5-4-14-33(29,30)16-8-6-15(24)7-9-16;/h6-11H,4-5,12-14H2,1-3H3;1H. The molecule has 0 fully saturated rings. The van der Waals surface area contributed by atoms with Crippen molar-refractivity contribution in [2.45, 2.75) is 17.7 Å². The first kappa shape index (κ1) is 28.3. The monoisotopic (exact) mass is 549 g/mol. The second-order valence-electron chi connectivity index (χ2n) is 7.65. The molecule has 0 bridgehead atoms. The Morgan fingerprint density at radius 1 is 1.15 bits per heavy atom. The molecular formula is C22H26Cl2FN3O4S2. The Hall–Kier alpha value is -1.98. The number of amides is 1. The van der Waals surface area contributed by atoms with Crippen molar-refractivity contribution in [1.29, 1.82) is 0 Å². The van der Waals surface area contributed by atoms with Gasteiger partial charge in [-0.15, -0.1) is 12.4 Å². The number of anilines is 1. The van der Waals surface area contributed by atoms with Crippen LogP contribution in [-0.4, -0.2) is 64.3 Å². The highest BCUT2D eigenvalue weighted by Crippen LogP contribution is 2.38. The first-order valence-corrected chi connectivity index (χ1v) is 13.0. The highest BCUT2D eigenvalue weighted by atomic mass is 35.5. The minimum absolute atomic E-state index is 0. The first-order valence-electron chi connectivity index (χ1n) is 10.2. The van der Waals surface area contributed by atoms with Gasteiger partial charge in [0.05, 0.1) is 27.5 Å². The summed E-state index contributed by atoms with van der Waals surface area (Å²) in [7, 11) is 1.72. The van der Waals surface area contributed by atoms with Crippen LogP contribution < -0.4 is 9.64 Å². The maximum absolute atomic E-state index is 13.1. The normalized spacial score (nSPS) is 11.5. The van der Waals surface area contributed by atoms with Gasteiger partial charge in [0.15, 0.2) is 15.0 Å². The van der Waals surface area contributed by atoms with E-state index in [-0.39, 0.29) is 41.8 Å². The Morgan fingerprint density at radius 3 is 2.44 bits per heavy atom. The summed E-state index contributed by atoms with van der Waals surface area (Å²) in [6.45, 7) is 0.983. The van der Waals surface area contributed by atoms with Crippen molar-refractivity contribution in [2.24, 2.45) is 0 Å². The van der Waals surface area contributed by atoms with Crippen LogP contribution in [0.3, 0.4) is 0 Å². The number of ether oxygens (including phenoxy) is 1. The van der Waals surface area contributed by atoms with Crippen molar-refractivity contribution in [3.63, 3.8) is 0 Å². The molecule has 0 saturated heterocycles. The molecule has 3 rings (SSSR count). The summed E-state index contributed by atoms with van der Waals surface area (Å²) in [5.41, 5.74) is 0.576. The van der Waals surface area contributed by atoms with Crippen LogP contribution in [0.15, 0.2) is 41.3 Å². The number of nitrogens with zero attached hydrogens (tertiary/aromatic N) is 3. The van der Waals surface area contributed by atoms with E-state index >= 15 is 0 Å². The number of methoxy groups -OCH3 is 1. The molecule has 2 aromatic carbocycles. The SMILES string of the molecule is COc1ccc(Cl)c2sc(N(CCN(C)C)C(=O)CCCS(=O)(=O)c3ccc(F)cc3)nc12.Cl. The smallest absolute Gasteiger partial charge is 0.228 e. The van der Waals surface area contributed by atoms with Crippen LogP contribution in [-0.2, 0) is 14.6 Å². The third-order valence-corrected chi connectivity index (χ3v) is 8.30. The van der Waals surface area contributed by atoms with Crippen molar-refractivity contribution in [1.82, 2.24) is 9.88 Å². The Balaban J connectivity index is 0.00000408. The van der Waals surface area contributed by atoms with Gasteiger partial charge in [-0.1, -0.05) is 22.9 Å². The highest BCUT2D eigenvalue weighted by Gasteiger charge is 2.23. The van der Waals surface area contributed by atoms with Gasteiger partial charge in [0.25, 0.3) is 0 Å². The Kier molecular flexibility index (Phi) is 10.1. The third kappa shape index (κ3) is 6.79. The van der Waals surface area contributed by atoms with Gasteiger partial charge in [-0.25, -0.2) is 17.8 Å². The maximum atomic E-state index is 13.1. The molecular weight excluding hydrogens is 524 g/mol. The number of fused-ring (bicyclic) bond motifs is 1. The largest absolute Gasteiger partial charge is 0.494 e. The Morgan fingerprint density at radius 2 is 1.82 bits per heavy atom. The number of hydrogen-bond donors (Lipinski definition) is 0. The minimum atomic E-state index is -3.62. The Labute approximate surface area is 213 Å². The fourth-order valence-electron chi connectivity index (χ4n) is 3.16. The lowest BCUT2D eigenvalue weighted by atomic mass is 10.3. The number of sulfone groups is 1. The number of hydrogen-bond acceptors (Lipinski definition) is 7. The summed E-state index contributed by atoms with van der Waals surface area (Å²) in [6, 6.07) is 8.11. The van der Waals surface area contributed by atoms with Crippen LogP contribution in [0.5, 0.6) is 5.75 Å². The molecule has 34 heavy (non-hydrogen) atoms. The van der Waals surface area contributed by atoms with Crippen LogP contribution in [0, 0.1) is 5.82 Å². The second-order valence-corrected chi connectivity index (χ2v) is 11.1. The van der Waals surface area contributed by atoms with Crippen molar-refractivity contribution in [3.8, 4) is 5.75 Å². The topological polar surface area (TPSA) is 79.8 Å². The number of halogens is 3. The summed E-state index contributed by atoms with van der Waals surface area (Å²) in [6.07, 6.45) is 0.153. The second kappa shape index (κ2) is 12.1. The first-order chi connectivity index (χ1) is 15.6. The molecule has 0 atom stereocenters. The van der Waals surface area contributed by atoms with Gasteiger partial charge in [-0.3, -0.25) is 9.69 Å². The van der Waals surface area contributed by atoms with Crippen molar-refractivity contribution in [3.05, 3.63) is 47.2 Å². The molecule has 0 radical (unpaired) electrons. The quantitative estimate of drug-likeness (QED) is 0.342. The van der Waals surface area contributed by atoms with E-state index in [9.17, 15) is 17.6 Å². The zero-order valence-electron chi connectivity index (χ0n) is 19.0. The van der Waals surface area contributed by atoms with Crippen LogP contribution >= 0.6 is 35.3 Å². The molecule has 7 nitrogen and oxygen atoms in total. The van der Waals surface area contributed by atoms with Crippen molar-refractivity contribution >= 4 is 66.4 Å². The zero-order chi connectivity index (χ0) is 24.2. The minimum Gasteiger partial charge on any atom is -0.494 e. The predicted molar refractivity (Wildman–Crippen MR) is 137 cm³/mol. The van der Waals surface area contributed by atoms with Gasteiger partial charge in [0, 0.05) is 19.5 Å². The summed E-state index contributed by atoms with van der Waals surface area (Å²) in [4.78, 5) is 21.2. The van der Waals surface area contributed by atoms with Gasteiger partial charge in [-0.2, -0.15) is 0 Å². The van der Waals surface area contributed by atoms with Crippen molar-refractivity contribution in [2.75, 3.05) is 44.9 Å². The van der Waals surface area contributed by atoms with Gasteiger partial charge in [0.1, 0.15) is 17.1 Å². The van der Waals surface area contributed by atoms with Crippen LogP contribution in [0.25, 0.3) is 10.2 Å². The molecule has 186 valence electrons. The lowest BCUT2D eigenvalue weighted by Gasteiger charge is -2.22. The summed E-state index contributed by atoms with van der Waals surface area (Å²) >= 11 is 7.61. The molecule has 12 heteroatoms. The molecule has 0 aliphatic rings. The molecule has 0 spiro atoms. The maximum Gasteiger partial charge on any atom is 0.228 e. The average molecular weight is 551 g/mol. The highest BCUT2D eigenvalue weighted by molar-refractivity contribution is 7.91. The fraction of sp³-hybridized carbons (Fsp3) is 0.364. The predicted octanol–water partition coefficient (Wildman–Crippen LogP) is 4.67. The molecule has 1 aromatic heterocycles. The van der Waals surface area contributed by atoms with E-state index in [2.05, 4.69) is 4.98 Å². The lowest BCUT2D eigenvalue weighted by molar-refractivity contribution is -0.118. The van der Waals surface area contributed by atoms with Crippen LogP contribution in [0.1, 0.15) is 12.8 Å². The molecule has 0 N–H and O–H groups in total. The fourth-order valence-corrected chi connectivity index (χ4v) is 5.77. The molecule has 0 aliphatic heterocycles. The molecule has 1 amide bonds. The zero-order valence-corrected chi connectivity index (χ0v) is 22.2. The van der Waals surface area contributed by atoms with E-state index in [4.69, 9.17) is 16.3 Å². The van der Waals surface area contributed by atoms with Crippen LogP contribution in [0.2, 0.25) is 5.02 Å². The van der Waals surface area contributed by atoms with E-state index in [1.807, 2.05) is 19.0 Å². The van der Waals surface area contributed by atoms with Crippen LogP contribution in [0.4, 0.5) is 9.52 Å². The number of likely N-dealkylation sites (N-methyl/N-ethyl adjacent to an activating group) is 1. The molecule has 3 aromatic rings. The molecule has 0 aliphatic carbocycles. The van der Waals surface area contributed by atoms with E-state index in [1.54, 1.807) is 17.0 Å². The Bertz CT molecular complexity index is 1230. The summed E-state index contributed by atoms with van der Waals surface area (Å²) in [5.74, 6) is -0.401. The van der Waals surface area contributed by atoms with E-state index in [1.165, 1.54) is 30.6 Å². The average Bonchev–Trinajstić information content (AvgIpc) is 3.20. The number of thiazole rings is 1. The number of rotatable bonds is 10. The lowest BCUT2D eigenvalue weighted by Crippen LogP contribution is -2.36. The summed E-state index contributed by atoms with van der Waals surface area (Å²) in [5, 5.41) is 0.990. The third-order valence-electron chi connectivity index (χ3n) is 4.95. The molecule has 0 saturated carbocycles. The summed E-state index contributed by atoms with van der Waals surface area (Å²) < 4.78 is 44.2. The number of carbonyl (C=O) groups is 1. The van der Waals surface area contributed by atoms with E-state index < -0.39 is 15.7 Å². The molecule has 0 unspecified atom stereocenters. The van der Waals surface area contributed by atoms with Gasteiger partial charge in [-0.05, 0) is 56.9 Å².